The molecule has 180 valence electrons. The Morgan fingerprint density at radius 2 is 1.61 bits per heavy atom. The van der Waals surface area contributed by atoms with Crippen LogP contribution < -0.4 is 4.74 Å². The summed E-state index contributed by atoms with van der Waals surface area (Å²) in [6.45, 7) is 2.28. The van der Waals surface area contributed by atoms with Crippen molar-refractivity contribution in [2.45, 2.75) is 89.9 Å². The van der Waals surface area contributed by atoms with Gasteiger partial charge in [0.1, 0.15) is 5.82 Å². The Bertz CT molecular complexity index is 908. The number of hydrogen-bond acceptors (Lipinski definition) is 1. The molecule has 1 unspecified atom stereocenters. The fourth-order valence-corrected chi connectivity index (χ4v) is 6.44. The number of halogens is 2. The molecule has 2 fully saturated rings. The van der Waals surface area contributed by atoms with E-state index in [0.29, 0.717) is 17.0 Å². The lowest BCUT2D eigenvalue weighted by Crippen LogP contribution is -2.30. The first-order chi connectivity index (χ1) is 16.1. The minimum Gasteiger partial charge on any atom is -0.494 e. The molecule has 0 N–H and O–H groups in total. The molecule has 0 heterocycles. The summed E-state index contributed by atoms with van der Waals surface area (Å²) >= 11 is 0. The highest BCUT2D eigenvalue weighted by Crippen LogP contribution is 2.48. The zero-order valence-electron chi connectivity index (χ0n) is 20.4. The molecule has 0 amide bonds. The summed E-state index contributed by atoms with van der Waals surface area (Å²) in [7, 11) is 1.43. The van der Waals surface area contributed by atoms with Crippen LogP contribution in [-0.2, 0) is 0 Å². The largest absolute Gasteiger partial charge is 0.494 e. The van der Waals surface area contributed by atoms with Gasteiger partial charge in [0.15, 0.2) is 11.6 Å². The molecule has 2 aliphatic rings. The van der Waals surface area contributed by atoms with Gasteiger partial charge in [-0.2, -0.15) is 0 Å². The van der Waals surface area contributed by atoms with Crippen LogP contribution >= 0.6 is 0 Å². The van der Waals surface area contributed by atoms with Crippen LogP contribution in [0.2, 0.25) is 0 Å². The summed E-state index contributed by atoms with van der Waals surface area (Å²) in [5, 5.41) is 0. The molecule has 4 atom stereocenters. The Morgan fingerprint density at radius 3 is 2.36 bits per heavy atom. The molecule has 2 aliphatic carbocycles. The molecule has 4 rings (SSSR count). The number of unbranched alkanes of at least 4 members (excludes halogenated alkanes) is 4. The Balaban J connectivity index is 1.33. The molecule has 0 bridgehead atoms. The average molecular weight is 455 g/mol. The lowest BCUT2D eigenvalue weighted by molar-refractivity contribution is 0.113. The van der Waals surface area contributed by atoms with Gasteiger partial charge in [-0.25, -0.2) is 8.78 Å². The summed E-state index contributed by atoms with van der Waals surface area (Å²) in [6, 6.07) is 10.2. The molecule has 33 heavy (non-hydrogen) atoms. The van der Waals surface area contributed by atoms with Crippen molar-refractivity contribution < 1.29 is 13.5 Å². The van der Waals surface area contributed by atoms with Gasteiger partial charge in [-0.05, 0) is 85.1 Å². The van der Waals surface area contributed by atoms with Crippen LogP contribution in [0.1, 0.15) is 95.5 Å². The number of fused-ring (bicyclic) bond motifs is 1. The van der Waals surface area contributed by atoms with Crippen LogP contribution in [-0.4, -0.2) is 7.11 Å². The molecular formula is C30H40F2O. The Kier molecular flexibility index (Phi) is 8.44. The number of methoxy groups -OCH3 is 1. The normalized spacial score (nSPS) is 25.0. The first-order valence-electron chi connectivity index (χ1n) is 13.2. The van der Waals surface area contributed by atoms with Crippen molar-refractivity contribution in [3.05, 3.63) is 53.6 Å². The molecule has 2 aromatic rings. The van der Waals surface area contributed by atoms with Gasteiger partial charge in [0.2, 0.25) is 0 Å². The van der Waals surface area contributed by atoms with Gasteiger partial charge in [0.05, 0.1) is 7.11 Å². The quantitative estimate of drug-likeness (QED) is 0.343. The monoisotopic (exact) mass is 454 g/mol. The van der Waals surface area contributed by atoms with E-state index < -0.39 is 5.82 Å². The highest BCUT2D eigenvalue weighted by Gasteiger charge is 2.35. The van der Waals surface area contributed by atoms with E-state index in [1.165, 1.54) is 90.2 Å². The smallest absolute Gasteiger partial charge is 0.165 e. The average Bonchev–Trinajstić information content (AvgIpc) is 2.83. The minimum atomic E-state index is -0.464. The second-order valence-electron chi connectivity index (χ2n) is 10.5. The van der Waals surface area contributed by atoms with E-state index in [0.717, 1.165) is 23.3 Å². The van der Waals surface area contributed by atoms with Gasteiger partial charge in [0, 0.05) is 5.56 Å². The standard InChI is InChI=1S/C30H40F2O/c1-3-4-5-6-7-8-21-9-10-23-18-24(12-11-22(23)17-21)25-13-15-27(28(31)19-25)26-14-16-30(33-2)29(32)20-26/h13-16,19-24H,3-12,17-18H2,1-2H3/t21?,22-,23-,24-/m1/s1. The van der Waals surface area contributed by atoms with E-state index in [-0.39, 0.29) is 11.6 Å². The topological polar surface area (TPSA) is 9.23 Å². The lowest BCUT2D eigenvalue weighted by Gasteiger charge is -2.42. The van der Waals surface area contributed by atoms with E-state index in [1.807, 2.05) is 6.07 Å². The third-order valence-electron chi connectivity index (χ3n) is 8.36. The molecule has 2 aromatic carbocycles. The van der Waals surface area contributed by atoms with Crippen LogP contribution in [0, 0.1) is 29.4 Å². The van der Waals surface area contributed by atoms with Gasteiger partial charge in [-0.1, -0.05) is 70.1 Å². The van der Waals surface area contributed by atoms with Crippen LogP contribution in [0.5, 0.6) is 5.75 Å². The van der Waals surface area contributed by atoms with Crippen LogP contribution in [0.15, 0.2) is 36.4 Å². The third-order valence-corrected chi connectivity index (χ3v) is 8.36. The zero-order valence-corrected chi connectivity index (χ0v) is 20.4. The number of rotatable bonds is 9. The number of benzene rings is 2. The van der Waals surface area contributed by atoms with E-state index in [2.05, 4.69) is 13.0 Å². The summed E-state index contributed by atoms with van der Waals surface area (Å²) < 4.78 is 34.1. The maximum atomic E-state index is 15.0. The van der Waals surface area contributed by atoms with Crippen LogP contribution in [0.25, 0.3) is 11.1 Å². The minimum absolute atomic E-state index is 0.179. The fourth-order valence-electron chi connectivity index (χ4n) is 6.44. The lowest BCUT2D eigenvalue weighted by atomic mass is 9.63. The first kappa shape index (κ1) is 24.2. The second-order valence-corrected chi connectivity index (χ2v) is 10.5. The molecule has 0 spiro atoms. The first-order valence-corrected chi connectivity index (χ1v) is 13.2. The molecule has 0 saturated heterocycles. The summed E-state index contributed by atoms with van der Waals surface area (Å²) in [4.78, 5) is 0. The van der Waals surface area contributed by atoms with Gasteiger partial charge in [-0.3, -0.25) is 0 Å². The van der Waals surface area contributed by atoms with Crippen molar-refractivity contribution in [3.63, 3.8) is 0 Å². The summed E-state index contributed by atoms with van der Waals surface area (Å²) in [5.41, 5.74) is 2.12. The zero-order chi connectivity index (χ0) is 23.2. The maximum absolute atomic E-state index is 15.0. The molecule has 0 radical (unpaired) electrons. The molecule has 0 aliphatic heterocycles. The van der Waals surface area contributed by atoms with Crippen molar-refractivity contribution in [1.82, 2.24) is 0 Å². The van der Waals surface area contributed by atoms with Gasteiger partial charge < -0.3 is 4.74 Å². The van der Waals surface area contributed by atoms with E-state index >= 15 is 4.39 Å². The van der Waals surface area contributed by atoms with Crippen LogP contribution in [0.3, 0.4) is 0 Å². The molecule has 0 aromatic heterocycles. The number of ether oxygens (including phenoxy) is 1. The summed E-state index contributed by atoms with van der Waals surface area (Å²) in [6.07, 6.45) is 16.2. The maximum Gasteiger partial charge on any atom is 0.165 e. The molecular weight excluding hydrogens is 414 g/mol. The van der Waals surface area contributed by atoms with Gasteiger partial charge >= 0.3 is 0 Å². The molecule has 3 heteroatoms. The van der Waals surface area contributed by atoms with Crippen molar-refractivity contribution in [2.75, 3.05) is 7.11 Å². The van der Waals surface area contributed by atoms with Crippen molar-refractivity contribution in [2.24, 2.45) is 17.8 Å². The van der Waals surface area contributed by atoms with Gasteiger partial charge in [0.25, 0.3) is 0 Å². The second kappa shape index (κ2) is 11.5. The Labute approximate surface area is 198 Å². The van der Waals surface area contributed by atoms with Crippen molar-refractivity contribution >= 4 is 0 Å². The third kappa shape index (κ3) is 5.97. The van der Waals surface area contributed by atoms with E-state index in [4.69, 9.17) is 4.74 Å². The highest BCUT2D eigenvalue weighted by atomic mass is 19.1. The summed E-state index contributed by atoms with van der Waals surface area (Å²) in [5.74, 6) is 2.53. The number of hydrogen-bond donors (Lipinski definition) is 0. The molecule has 1 nitrogen and oxygen atoms in total. The SMILES string of the molecule is CCCCCCCC1CC[C@@H]2C[C@H](c3ccc(-c4ccc(OC)c(F)c4)c(F)c3)CC[C@@H]2C1. The highest BCUT2D eigenvalue weighted by molar-refractivity contribution is 5.65. The Hall–Kier alpha value is -1.90. The molecule has 2 saturated carbocycles. The van der Waals surface area contributed by atoms with Crippen molar-refractivity contribution in [3.8, 4) is 16.9 Å². The Morgan fingerprint density at radius 1 is 0.818 bits per heavy atom. The van der Waals surface area contributed by atoms with Crippen LogP contribution in [0.4, 0.5) is 8.78 Å². The van der Waals surface area contributed by atoms with E-state index in [9.17, 15) is 4.39 Å². The predicted molar refractivity (Wildman–Crippen MR) is 133 cm³/mol. The van der Waals surface area contributed by atoms with Gasteiger partial charge in [-0.15, -0.1) is 0 Å². The van der Waals surface area contributed by atoms with Crippen molar-refractivity contribution in [1.29, 1.82) is 0 Å². The fraction of sp³-hybridized carbons (Fsp3) is 0.600. The van der Waals surface area contributed by atoms with E-state index in [1.54, 1.807) is 18.2 Å². The predicted octanol–water partition coefficient (Wildman–Crippen LogP) is 9.30.